The van der Waals surface area contributed by atoms with Gasteiger partial charge in [0.25, 0.3) is 0 Å². The monoisotopic (exact) mass is 238 g/mol. The molecule has 17 heavy (non-hydrogen) atoms. The standard InChI is InChI=1S/C15H26O2/c1-4-11-15(3,12-5-2)14(16)17-13-9-7-6-8-10-13/h4,11,13H,5-10,12H2,1-3H3/b11-4-. The maximum absolute atomic E-state index is 12.2. The summed E-state index contributed by atoms with van der Waals surface area (Å²) in [6, 6.07) is 0. The lowest BCUT2D eigenvalue weighted by Crippen LogP contribution is -2.32. The molecule has 0 aliphatic heterocycles. The Kier molecular flexibility index (Phi) is 5.73. The van der Waals surface area contributed by atoms with Crippen LogP contribution in [0.3, 0.4) is 0 Å². The minimum Gasteiger partial charge on any atom is -0.462 e. The molecule has 0 saturated heterocycles. The Balaban J connectivity index is 2.57. The van der Waals surface area contributed by atoms with E-state index in [-0.39, 0.29) is 12.1 Å². The number of rotatable bonds is 5. The molecule has 0 N–H and O–H groups in total. The molecule has 0 heterocycles. The fourth-order valence-corrected chi connectivity index (χ4v) is 2.61. The predicted molar refractivity (Wildman–Crippen MR) is 70.8 cm³/mol. The summed E-state index contributed by atoms with van der Waals surface area (Å²) in [5, 5.41) is 0. The summed E-state index contributed by atoms with van der Waals surface area (Å²) in [7, 11) is 0. The van der Waals surface area contributed by atoms with Crippen LogP contribution in [-0.2, 0) is 9.53 Å². The maximum atomic E-state index is 12.2. The first-order valence-electron chi connectivity index (χ1n) is 6.97. The summed E-state index contributed by atoms with van der Waals surface area (Å²) >= 11 is 0. The molecule has 0 bridgehead atoms. The Labute approximate surface area is 105 Å². The molecule has 0 spiro atoms. The lowest BCUT2D eigenvalue weighted by Gasteiger charge is -2.28. The average molecular weight is 238 g/mol. The number of hydrogen-bond acceptors (Lipinski definition) is 2. The highest BCUT2D eigenvalue weighted by molar-refractivity contribution is 5.78. The van der Waals surface area contributed by atoms with Crippen molar-refractivity contribution in [2.24, 2.45) is 5.41 Å². The molecular weight excluding hydrogens is 212 g/mol. The van der Waals surface area contributed by atoms with Crippen LogP contribution in [0.4, 0.5) is 0 Å². The third-order valence-electron chi connectivity index (χ3n) is 3.60. The summed E-state index contributed by atoms with van der Waals surface area (Å²) in [5.41, 5.74) is -0.430. The summed E-state index contributed by atoms with van der Waals surface area (Å²) in [4.78, 5) is 12.2. The van der Waals surface area contributed by atoms with Crippen molar-refractivity contribution >= 4 is 5.97 Å². The number of carbonyl (C=O) groups is 1. The van der Waals surface area contributed by atoms with Crippen molar-refractivity contribution in [3.63, 3.8) is 0 Å². The van der Waals surface area contributed by atoms with Crippen LogP contribution >= 0.6 is 0 Å². The van der Waals surface area contributed by atoms with E-state index in [4.69, 9.17) is 4.74 Å². The fourth-order valence-electron chi connectivity index (χ4n) is 2.61. The SMILES string of the molecule is C/C=C\C(C)(CCC)C(=O)OC1CCCCC1. The third kappa shape index (κ3) is 4.18. The molecule has 0 aromatic heterocycles. The minimum atomic E-state index is -0.430. The van der Waals surface area contributed by atoms with Gasteiger partial charge in [-0.05, 0) is 46.0 Å². The molecular formula is C15H26O2. The second kappa shape index (κ2) is 6.83. The second-order valence-electron chi connectivity index (χ2n) is 5.33. The van der Waals surface area contributed by atoms with Gasteiger partial charge in [-0.15, -0.1) is 0 Å². The van der Waals surface area contributed by atoms with E-state index in [1.54, 1.807) is 0 Å². The van der Waals surface area contributed by atoms with Crippen molar-refractivity contribution < 1.29 is 9.53 Å². The van der Waals surface area contributed by atoms with Crippen molar-refractivity contribution in [1.82, 2.24) is 0 Å². The smallest absolute Gasteiger partial charge is 0.315 e. The average Bonchev–Trinajstić information content (AvgIpc) is 2.31. The molecule has 1 saturated carbocycles. The highest BCUT2D eigenvalue weighted by atomic mass is 16.5. The zero-order valence-corrected chi connectivity index (χ0v) is 11.5. The molecule has 0 radical (unpaired) electrons. The minimum absolute atomic E-state index is 0.0376. The van der Waals surface area contributed by atoms with E-state index in [1.165, 1.54) is 19.3 Å². The van der Waals surface area contributed by atoms with Crippen molar-refractivity contribution in [2.45, 2.75) is 71.8 Å². The predicted octanol–water partition coefficient (Wildman–Crippen LogP) is 4.24. The molecule has 2 nitrogen and oxygen atoms in total. The van der Waals surface area contributed by atoms with Crippen LogP contribution in [-0.4, -0.2) is 12.1 Å². The van der Waals surface area contributed by atoms with Gasteiger partial charge in [0.2, 0.25) is 0 Å². The molecule has 0 aromatic carbocycles. The van der Waals surface area contributed by atoms with Crippen LogP contribution in [0.15, 0.2) is 12.2 Å². The van der Waals surface area contributed by atoms with Gasteiger partial charge in [-0.1, -0.05) is 31.9 Å². The molecule has 98 valence electrons. The Morgan fingerprint density at radius 3 is 2.53 bits per heavy atom. The first kappa shape index (κ1) is 14.3. The van der Waals surface area contributed by atoms with Gasteiger partial charge in [-0.25, -0.2) is 0 Å². The van der Waals surface area contributed by atoms with Gasteiger partial charge in [0.05, 0.1) is 5.41 Å². The highest BCUT2D eigenvalue weighted by Crippen LogP contribution is 2.30. The number of ether oxygens (including phenoxy) is 1. The van der Waals surface area contributed by atoms with Crippen LogP contribution in [0.2, 0.25) is 0 Å². The van der Waals surface area contributed by atoms with Gasteiger partial charge in [-0.2, -0.15) is 0 Å². The Hall–Kier alpha value is -0.790. The van der Waals surface area contributed by atoms with Crippen molar-refractivity contribution in [1.29, 1.82) is 0 Å². The van der Waals surface area contributed by atoms with Crippen LogP contribution in [0, 0.1) is 5.41 Å². The van der Waals surface area contributed by atoms with Gasteiger partial charge >= 0.3 is 5.97 Å². The number of hydrogen-bond donors (Lipinski definition) is 0. The van der Waals surface area contributed by atoms with Crippen molar-refractivity contribution in [3.05, 3.63) is 12.2 Å². The Morgan fingerprint density at radius 2 is 2.00 bits per heavy atom. The van der Waals surface area contributed by atoms with Gasteiger partial charge in [0, 0.05) is 0 Å². The fraction of sp³-hybridized carbons (Fsp3) is 0.800. The van der Waals surface area contributed by atoms with E-state index in [0.29, 0.717) is 0 Å². The lowest BCUT2D eigenvalue weighted by atomic mass is 9.85. The van der Waals surface area contributed by atoms with E-state index >= 15 is 0 Å². The summed E-state index contributed by atoms with van der Waals surface area (Å²) in [5.74, 6) is -0.0376. The molecule has 0 amide bonds. The van der Waals surface area contributed by atoms with E-state index in [0.717, 1.165) is 25.7 Å². The molecule has 0 aromatic rings. The molecule has 1 rings (SSSR count). The van der Waals surface area contributed by atoms with E-state index in [2.05, 4.69) is 6.92 Å². The van der Waals surface area contributed by atoms with E-state index in [1.807, 2.05) is 26.0 Å². The van der Waals surface area contributed by atoms with Gasteiger partial charge in [0.1, 0.15) is 6.10 Å². The number of esters is 1. The second-order valence-corrected chi connectivity index (χ2v) is 5.33. The first-order chi connectivity index (χ1) is 8.12. The topological polar surface area (TPSA) is 26.3 Å². The molecule has 1 aliphatic rings. The normalized spacial score (nSPS) is 21.4. The van der Waals surface area contributed by atoms with E-state index in [9.17, 15) is 4.79 Å². The van der Waals surface area contributed by atoms with Crippen LogP contribution in [0.5, 0.6) is 0 Å². The Bertz CT molecular complexity index is 264. The zero-order valence-electron chi connectivity index (χ0n) is 11.5. The maximum Gasteiger partial charge on any atom is 0.315 e. The third-order valence-corrected chi connectivity index (χ3v) is 3.60. The summed E-state index contributed by atoms with van der Waals surface area (Å²) in [6.45, 7) is 6.05. The summed E-state index contributed by atoms with van der Waals surface area (Å²) < 4.78 is 5.67. The molecule has 2 heteroatoms. The van der Waals surface area contributed by atoms with Crippen molar-refractivity contribution in [3.8, 4) is 0 Å². The van der Waals surface area contributed by atoms with Gasteiger partial charge in [0.15, 0.2) is 0 Å². The first-order valence-corrected chi connectivity index (χ1v) is 6.97. The highest BCUT2D eigenvalue weighted by Gasteiger charge is 2.33. The van der Waals surface area contributed by atoms with Gasteiger partial charge < -0.3 is 4.74 Å². The van der Waals surface area contributed by atoms with Crippen molar-refractivity contribution in [2.75, 3.05) is 0 Å². The Morgan fingerprint density at radius 1 is 1.35 bits per heavy atom. The number of carbonyl (C=O) groups excluding carboxylic acids is 1. The molecule has 1 unspecified atom stereocenters. The number of allylic oxidation sites excluding steroid dienone is 1. The largest absolute Gasteiger partial charge is 0.462 e. The molecule has 1 aliphatic carbocycles. The van der Waals surface area contributed by atoms with E-state index < -0.39 is 5.41 Å². The van der Waals surface area contributed by atoms with Crippen LogP contribution in [0.25, 0.3) is 0 Å². The quantitative estimate of drug-likeness (QED) is 0.529. The van der Waals surface area contributed by atoms with Crippen LogP contribution < -0.4 is 0 Å². The van der Waals surface area contributed by atoms with Crippen LogP contribution in [0.1, 0.15) is 65.7 Å². The lowest BCUT2D eigenvalue weighted by molar-refractivity contribution is -0.159. The van der Waals surface area contributed by atoms with Gasteiger partial charge in [-0.3, -0.25) is 4.79 Å². The summed E-state index contributed by atoms with van der Waals surface area (Å²) in [6.07, 6.45) is 11.8. The molecule has 1 fully saturated rings. The molecule has 1 atom stereocenters. The zero-order chi connectivity index (χ0) is 12.7.